The van der Waals surface area contributed by atoms with Crippen LogP contribution in [-0.2, 0) is 7.05 Å². The molecule has 0 saturated carbocycles. The van der Waals surface area contributed by atoms with Gasteiger partial charge in [-0.2, -0.15) is 10.4 Å². The first-order valence-electron chi connectivity index (χ1n) is 7.68. The van der Waals surface area contributed by atoms with Crippen LogP contribution in [-0.4, -0.2) is 21.1 Å². The van der Waals surface area contributed by atoms with Gasteiger partial charge in [0.1, 0.15) is 0 Å². The highest BCUT2D eigenvalue weighted by atomic mass is 32.2. The lowest BCUT2D eigenvalue weighted by Gasteiger charge is -2.16. The van der Waals surface area contributed by atoms with Gasteiger partial charge in [-0.05, 0) is 19.1 Å². The summed E-state index contributed by atoms with van der Waals surface area (Å²) in [6.07, 6.45) is 4.07. The van der Waals surface area contributed by atoms with Crippen molar-refractivity contribution in [3.8, 4) is 6.07 Å². The van der Waals surface area contributed by atoms with Gasteiger partial charge < -0.3 is 10.6 Å². The highest BCUT2D eigenvalue weighted by Gasteiger charge is 2.13. The Morgan fingerprint density at radius 1 is 1.42 bits per heavy atom. The highest BCUT2D eigenvalue weighted by Crippen LogP contribution is 2.31. The number of nitrogens with one attached hydrogen (secondary N) is 2. The van der Waals surface area contributed by atoms with E-state index in [1.54, 1.807) is 22.6 Å². The molecule has 2 atom stereocenters. The molecule has 7 heteroatoms. The van der Waals surface area contributed by atoms with Gasteiger partial charge in [0.05, 0.1) is 24.0 Å². The minimum Gasteiger partial charge on any atom is -0.331 e. The smallest absolute Gasteiger partial charge is 0.319 e. The topological polar surface area (TPSA) is 82.7 Å². The van der Waals surface area contributed by atoms with Crippen molar-refractivity contribution in [2.45, 2.75) is 36.5 Å². The van der Waals surface area contributed by atoms with Gasteiger partial charge >= 0.3 is 6.03 Å². The average Bonchev–Trinajstić information content (AvgIpc) is 2.96. The number of urea groups is 1. The van der Waals surface area contributed by atoms with Crippen LogP contribution in [0, 0.1) is 11.3 Å². The average molecular weight is 343 g/mol. The van der Waals surface area contributed by atoms with Crippen LogP contribution in [0.3, 0.4) is 0 Å². The summed E-state index contributed by atoms with van der Waals surface area (Å²) in [6.45, 7) is 3.90. The zero-order chi connectivity index (χ0) is 17.5. The fourth-order valence-electron chi connectivity index (χ4n) is 2.16. The number of rotatable bonds is 6. The molecular weight excluding hydrogens is 322 g/mol. The molecule has 0 aliphatic carbocycles. The Hall–Kier alpha value is -2.46. The van der Waals surface area contributed by atoms with Crippen LogP contribution in [0.1, 0.15) is 31.9 Å². The zero-order valence-corrected chi connectivity index (χ0v) is 14.8. The number of carbonyl (C=O) groups excluding carboxylic acids is 1. The molecule has 0 unspecified atom stereocenters. The number of amides is 2. The number of carbonyl (C=O) groups is 1. The van der Waals surface area contributed by atoms with E-state index in [0.29, 0.717) is 6.42 Å². The quantitative estimate of drug-likeness (QED) is 0.784. The summed E-state index contributed by atoms with van der Waals surface area (Å²) >= 11 is 1.58. The van der Waals surface area contributed by atoms with Crippen LogP contribution in [0.15, 0.2) is 41.6 Å². The molecule has 6 nitrogen and oxygen atoms in total. The summed E-state index contributed by atoms with van der Waals surface area (Å²) in [5, 5.41) is 18.8. The molecule has 1 aromatic carbocycles. The van der Waals surface area contributed by atoms with E-state index in [-0.39, 0.29) is 17.3 Å². The number of nitrogens with zero attached hydrogens (tertiary/aromatic N) is 3. The van der Waals surface area contributed by atoms with Gasteiger partial charge in [0.15, 0.2) is 0 Å². The normalized spacial score (nSPS) is 12.9. The minimum atomic E-state index is -0.271. The predicted molar refractivity (Wildman–Crippen MR) is 95.8 cm³/mol. The van der Waals surface area contributed by atoms with E-state index in [2.05, 4.69) is 21.8 Å². The molecule has 126 valence electrons. The van der Waals surface area contributed by atoms with E-state index in [0.717, 1.165) is 16.1 Å². The molecule has 0 bridgehead atoms. The van der Waals surface area contributed by atoms with Crippen molar-refractivity contribution in [2.24, 2.45) is 7.05 Å². The summed E-state index contributed by atoms with van der Waals surface area (Å²) in [5.74, 6) is 0. The maximum atomic E-state index is 12.3. The molecule has 2 aromatic rings. The number of thioether (sulfide) groups is 1. The summed E-state index contributed by atoms with van der Waals surface area (Å²) in [4.78, 5) is 13.2. The second-order valence-corrected chi connectivity index (χ2v) is 7.03. The first-order chi connectivity index (χ1) is 11.5. The van der Waals surface area contributed by atoms with Crippen molar-refractivity contribution < 1.29 is 4.79 Å². The fraction of sp³-hybridized carbons (Fsp3) is 0.353. The van der Waals surface area contributed by atoms with Crippen molar-refractivity contribution in [1.29, 1.82) is 5.26 Å². The first kappa shape index (κ1) is 17.9. The largest absolute Gasteiger partial charge is 0.331 e. The second-order valence-electron chi connectivity index (χ2n) is 5.55. The molecule has 2 rings (SSSR count). The molecule has 2 N–H and O–H groups in total. The fourth-order valence-corrected chi connectivity index (χ4v) is 3.16. The number of nitriles is 1. The molecular formula is C17H21N5OS. The zero-order valence-electron chi connectivity index (χ0n) is 14.0. The van der Waals surface area contributed by atoms with Crippen LogP contribution in [0.2, 0.25) is 0 Å². The Morgan fingerprint density at radius 3 is 2.83 bits per heavy atom. The lowest BCUT2D eigenvalue weighted by molar-refractivity contribution is 0.249. The highest BCUT2D eigenvalue weighted by molar-refractivity contribution is 8.00. The van der Waals surface area contributed by atoms with E-state index in [4.69, 9.17) is 5.26 Å². The van der Waals surface area contributed by atoms with E-state index >= 15 is 0 Å². The molecule has 0 spiro atoms. The number of hydrogen-bond donors (Lipinski definition) is 2. The van der Waals surface area contributed by atoms with Crippen molar-refractivity contribution in [3.63, 3.8) is 0 Å². The van der Waals surface area contributed by atoms with E-state index in [1.807, 2.05) is 51.4 Å². The van der Waals surface area contributed by atoms with Gasteiger partial charge in [-0.1, -0.05) is 19.1 Å². The molecule has 0 fully saturated rings. The third-order valence-corrected chi connectivity index (χ3v) is 4.59. The summed E-state index contributed by atoms with van der Waals surface area (Å²) in [7, 11) is 1.84. The Labute approximate surface area is 146 Å². The SMILES string of the molecule is C[C@@H](CC#N)Sc1ccccc1NC(=O)N[C@H](C)c1cnn(C)c1. The number of aryl methyl sites for hydroxylation is 1. The molecule has 0 aliphatic heterocycles. The molecule has 0 saturated heterocycles. The lowest BCUT2D eigenvalue weighted by atomic mass is 10.2. The minimum absolute atomic E-state index is 0.143. The van der Waals surface area contributed by atoms with E-state index in [1.165, 1.54) is 0 Å². The Bertz CT molecular complexity index is 737. The van der Waals surface area contributed by atoms with E-state index < -0.39 is 0 Å². The van der Waals surface area contributed by atoms with Gasteiger partial charge in [-0.15, -0.1) is 11.8 Å². The number of para-hydroxylation sites is 1. The molecule has 2 amide bonds. The first-order valence-corrected chi connectivity index (χ1v) is 8.56. The molecule has 24 heavy (non-hydrogen) atoms. The van der Waals surface area contributed by atoms with Crippen molar-refractivity contribution in [2.75, 3.05) is 5.32 Å². The standard InChI is InChI=1S/C17H21N5OS/c1-12(8-9-18)24-16-7-5-4-6-15(16)21-17(23)20-13(2)14-10-19-22(3)11-14/h4-7,10-13H,8H2,1-3H3,(H2,20,21,23)/t12-,13+/m0/s1. The van der Waals surface area contributed by atoms with Crippen molar-refractivity contribution in [1.82, 2.24) is 15.1 Å². The third kappa shape index (κ3) is 5.03. The van der Waals surface area contributed by atoms with Crippen LogP contribution >= 0.6 is 11.8 Å². The Balaban J connectivity index is 2.00. The summed E-state index contributed by atoms with van der Waals surface area (Å²) in [5.41, 5.74) is 1.68. The van der Waals surface area contributed by atoms with Gasteiger partial charge in [-0.25, -0.2) is 4.79 Å². The van der Waals surface area contributed by atoms with Gasteiger partial charge in [0.2, 0.25) is 0 Å². The molecule has 1 aromatic heterocycles. The molecule has 1 heterocycles. The Morgan fingerprint density at radius 2 is 2.17 bits per heavy atom. The number of anilines is 1. The van der Waals surface area contributed by atoms with Crippen LogP contribution in [0.25, 0.3) is 0 Å². The van der Waals surface area contributed by atoms with Crippen molar-refractivity contribution in [3.05, 3.63) is 42.2 Å². The van der Waals surface area contributed by atoms with Gasteiger partial charge in [0.25, 0.3) is 0 Å². The maximum Gasteiger partial charge on any atom is 0.319 e. The lowest BCUT2D eigenvalue weighted by Crippen LogP contribution is -2.31. The van der Waals surface area contributed by atoms with Gasteiger partial charge in [0, 0.05) is 35.4 Å². The summed E-state index contributed by atoms with van der Waals surface area (Å²) in [6, 6.07) is 9.35. The monoisotopic (exact) mass is 343 g/mol. The van der Waals surface area contributed by atoms with Crippen LogP contribution < -0.4 is 10.6 Å². The number of aromatic nitrogens is 2. The van der Waals surface area contributed by atoms with Gasteiger partial charge in [-0.3, -0.25) is 4.68 Å². The van der Waals surface area contributed by atoms with Crippen molar-refractivity contribution >= 4 is 23.5 Å². The Kier molecular flexibility index (Phi) is 6.27. The maximum absolute atomic E-state index is 12.3. The molecule has 0 radical (unpaired) electrons. The second kappa shape index (κ2) is 8.41. The predicted octanol–water partition coefficient (Wildman–Crippen LogP) is 3.70. The molecule has 0 aliphatic rings. The summed E-state index contributed by atoms with van der Waals surface area (Å²) < 4.78 is 1.70. The number of hydrogen-bond acceptors (Lipinski definition) is 4. The third-order valence-electron chi connectivity index (χ3n) is 3.41. The number of benzene rings is 1. The van der Waals surface area contributed by atoms with Crippen LogP contribution in [0.5, 0.6) is 0 Å². The van der Waals surface area contributed by atoms with E-state index in [9.17, 15) is 4.79 Å². The van der Waals surface area contributed by atoms with Crippen LogP contribution in [0.4, 0.5) is 10.5 Å².